The molecule has 5 rings (SSSR count). The molecule has 0 aliphatic heterocycles. The van der Waals surface area contributed by atoms with E-state index in [0.29, 0.717) is 24.1 Å². The Bertz CT molecular complexity index is 1080. The first-order valence-electron chi connectivity index (χ1n) is 11.2. The topological polar surface area (TPSA) is 123 Å². The number of fused-ring (bicyclic) bond motifs is 1. The molecule has 5 N–H and O–H groups in total. The van der Waals surface area contributed by atoms with Gasteiger partial charge in [0.1, 0.15) is 16.9 Å². The van der Waals surface area contributed by atoms with Crippen LogP contribution in [0.1, 0.15) is 31.9 Å². The Morgan fingerprint density at radius 1 is 1.12 bits per heavy atom. The van der Waals surface area contributed by atoms with Gasteiger partial charge in [0.05, 0.1) is 39.7 Å². The van der Waals surface area contributed by atoms with Crippen LogP contribution in [0.3, 0.4) is 0 Å². The lowest BCUT2D eigenvalue weighted by Crippen LogP contribution is -2.36. The summed E-state index contributed by atoms with van der Waals surface area (Å²) >= 11 is 1.57. The Hall–Kier alpha value is -2.33. The first kappa shape index (κ1) is 21.5. The fourth-order valence-corrected chi connectivity index (χ4v) is 5.48. The summed E-state index contributed by atoms with van der Waals surface area (Å²) in [5.74, 6) is 1.40. The van der Waals surface area contributed by atoms with Crippen molar-refractivity contribution in [3.05, 3.63) is 30.0 Å². The van der Waals surface area contributed by atoms with Gasteiger partial charge >= 0.3 is 0 Å². The molecular formula is C23H29N5O3S. The number of thiazole rings is 1. The summed E-state index contributed by atoms with van der Waals surface area (Å²) in [7, 11) is 0. The molecular weight excluding hydrogens is 426 g/mol. The summed E-state index contributed by atoms with van der Waals surface area (Å²) < 4.78 is 1.08. The third kappa shape index (κ3) is 4.17. The number of nitrogens with zero attached hydrogens (tertiary/aromatic N) is 3. The zero-order valence-corrected chi connectivity index (χ0v) is 19.0. The Kier molecular flexibility index (Phi) is 5.75. The number of aryl methyl sites for hydroxylation is 1. The fourth-order valence-electron chi connectivity index (χ4n) is 4.41. The number of aliphatic hydroxyl groups excluding tert-OH is 3. The second-order valence-electron chi connectivity index (χ2n) is 9.04. The second-order valence-corrected chi connectivity index (χ2v) is 10.1. The molecule has 0 radical (unpaired) electrons. The minimum Gasteiger partial charge on any atom is -0.393 e. The van der Waals surface area contributed by atoms with Gasteiger partial charge < -0.3 is 26.0 Å². The number of hydrogen-bond acceptors (Lipinski definition) is 9. The van der Waals surface area contributed by atoms with Gasteiger partial charge in [-0.05, 0) is 51.2 Å². The molecule has 2 aliphatic rings. The normalized spacial score (nSPS) is 26.4. The monoisotopic (exact) mass is 455 g/mol. The van der Waals surface area contributed by atoms with Crippen molar-refractivity contribution < 1.29 is 15.3 Å². The molecule has 1 unspecified atom stereocenters. The molecule has 0 spiro atoms. The molecule has 0 amide bonds. The van der Waals surface area contributed by atoms with E-state index >= 15 is 0 Å². The third-order valence-electron chi connectivity index (χ3n) is 6.51. The Labute approximate surface area is 190 Å². The van der Waals surface area contributed by atoms with Crippen molar-refractivity contribution in [1.82, 2.24) is 15.0 Å². The molecule has 1 aromatic carbocycles. The van der Waals surface area contributed by atoms with Crippen LogP contribution in [0, 0.1) is 18.8 Å². The van der Waals surface area contributed by atoms with E-state index in [0.717, 1.165) is 33.0 Å². The maximum atomic E-state index is 10.6. The number of benzene rings is 1. The fraction of sp³-hybridized carbons (Fsp3) is 0.522. The SMILES string of the molecule is Cc1nc(NCC2CC2)nc(N[C@@H]2C[C@H](C(C)O)[C@@H](O)[C@H]2O)c1-c1nc2ccccc2s1. The molecule has 0 bridgehead atoms. The molecule has 2 saturated carbocycles. The molecule has 9 heteroatoms. The van der Waals surface area contributed by atoms with E-state index in [4.69, 9.17) is 9.97 Å². The predicted molar refractivity (Wildman–Crippen MR) is 126 cm³/mol. The van der Waals surface area contributed by atoms with Crippen LogP contribution < -0.4 is 10.6 Å². The Morgan fingerprint density at radius 2 is 1.91 bits per heavy atom. The van der Waals surface area contributed by atoms with Crippen molar-refractivity contribution in [1.29, 1.82) is 0 Å². The number of hydrogen-bond donors (Lipinski definition) is 5. The largest absolute Gasteiger partial charge is 0.393 e. The first-order valence-corrected chi connectivity index (χ1v) is 12.0. The molecule has 3 aromatic rings. The summed E-state index contributed by atoms with van der Waals surface area (Å²) in [4.78, 5) is 14.2. The molecule has 2 fully saturated rings. The van der Waals surface area contributed by atoms with Crippen LogP contribution in [0.15, 0.2) is 24.3 Å². The molecule has 8 nitrogen and oxygen atoms in total. The standard InChI is InChI=1S/C23H29N5O3S/c1-11-18(22-27-15-5-3-4-6-17(15)32-22)21(28-23(25-11)24-10-13-7-8-13)26-16-9-14(12(2)29)19(30)20(16)31/h3-6,12-14,16,19-20,29-31H,7-10H2,1-2H3,(H2,24,25,26,28)/t12?,14-,16-,19-,20+/m1/s1. The van der Waals surface area contributed by atoms with Crippen molar-refractivity contribution in [2.24, 2.45) is 11.8 Å². The van der Waals surface area contributed by atoms with E-state index in [1.54, 1.807) is 18.3 Å². The predicted octanol–water partition coefficient (Wildman–Crippen LogP) is 2.79. The summed E-state index contributed by atoms with van der Waals surface area (Å²) in [5, 5.41) is 38.6. The van der Waals surface area contributed by atoms with Crippen molar-refractivity contribution >= 4 is 33.3 Å². The van der Waals surface area contributed by atoms with Crippen LogP contribution in [0.2, 0.25) is 0 Å². The van der Waals surface area contributed by atoms with Crippen molar-refractivity contribution in [2.45, 2.75) is 57.5 Å². The van der Waals surface area contributed by atoms with E-state index < -0.39 is 30.3 Å². The lowest BCUT2D eigenvalue weighted by molar-refractivity contribution is -0.0162. The lowest BCUT2D eigenvalue weighted by atomic mass is 10.00. The zero-order valence-electron chi connectivity index (χ0n) is 18.2. The number of anilines is 2. The first-order chi connectivity index (χ1) is 15.4. The number of aromatic nitrogens is 3. The highest BCUT2D eigenvalue weighted by molar-refractivity contribution is 7.21. The van der Waals surface area contributed by atoms with E-state index in [9.17, 15) is 15.3 Å². The number of aliphatic hydroxyl groups is 3. The van der Waals surface area contributed by atoms with Crippen LogP contribution in [-0.4, -0.2) is 61.2 Å². The van der Waals surface area contributed by atoms with Crippen LogP contribution in [0.25, 0.3) is 20.8 Å². The van der Waals surface area contributed by atoms with Crippen LogP contribution in [0.5, 0.6) is 0 Å². The van der Waals surface area contributed by atoms with Gasteiger partial charge in [-0.2, -0.15) is 4.98 Å². The molecule has 2 aliphatic carbocycles. The van der Waals surface area contributed by atoms with Crippen molar-refractivity contribution in [2.75, 3.05) is 17.2 Å². The lowest BCUT2D eigenvalue weighted by Gasteiger charge is -2.21. The second kappa shape index (κ2) is 8.55. The van der Waals surface area contributed by atoms with Gasteiger partial charge in [-0.3, -0.25) is 0 Å². The molecule has 32 heavy (non-hydrogen) atoms. The van der Waals surface area contributed by atoms with Crippen molar-refractivity contribution in [3.63, 3.8) is 0 Å². The number of para-hydroxylation sites is 1. The maximum absolute atomic E-state index is 10.6. The minimum absolute atomic E-state index is 0.399. The van der Waals surface area contributed by atoms with Gasteiger partial charge in [0, 0.05) is 12.5 Å². The molecule has 170 valence electrons. The Balaban J connectivity index is 1.52. The average molecular weight is 456 g/mol. The van der Waals surface area contributed by atoms with Crippen molar-refractivity contribution in [3.8, 4) is 10.6 Å². The van der Waals surface area contributed by atoms with Gasteiger partial charge in [-0.1, -0.05) is 12.1 Å². The van der Waals surface area contributed by atoms with Crippen LogP contribution in [-0.2, 0) is 0 Å². The van der Waals surface area contributed by atoms with Gasteiger partial charge in [0.15, 0.2) is 0 Å². The average Bonchev–Trinajstić information content (AvgIpc) is 3.43. The number of nitrogens with one attached hydrogen (secondary N) is 2. The van der Waals surface area contributed by atoms with E-state index in [2.05, 4.69) is 15.6 Å². The highest BCUT2D eigenvalue weighted by atomic mass is 32.1. The van der Waals surface area contributed by atoms with Gasteiger partial charge in [-0.25, -0.2) is 9.97 Å². The van der Waals surface area contributed by atoms with Gasteiger partial charge in [0.25, 0.3) is 0 Å². The zero-order chi connectivity index (χ0) is 22.4. The molecule has 2 heterocycles. The van der Waals surface area contributed by atoms with Gasteiger partial charge in [-0.15, -0.1) is 11.3 Å². The Morgan fingerprint density at radius 3 is 2.59 bits per heavy atom. The van der Waals surface area contributed by atoms with E-state index in [1.165, 1.54) is 12.8 Å². The number of rotatable bonds is 7. The summed E-state index contributed by atoms with van der Waals surface area (Å²) in [5.41, 5.74) is 2.50. The molecule has 0 saturated heterocycles. The quantitative estimate of drug-likeness (QED) is 0.369. The van der Waals surface area contributed by atoms with E-state index in [-0.39, 0.29) is 0 Å². The highest BCUT2D eigenvalue weighted by Crippen LogP contribution is 2.38. The molecule has 5 atom stereocenters. The van der Waals surface area contributed by atoms with Crippen LogP contribution in [0.4, 0.5) is 11.8 Å². The highest BCUT2D eigenvalue weighted by Gasteiger charge is 2.44. The van der Waals surface area contributed by atoms with Crippen LogP contribution >= 0.6 is 11.3 Å². The summed E-state index contributed by atoms with van der Waals surface area (Å²) in [6.45, 7) is 4.42. The smallest absolute Gasteiger partial charge is 0.224 e. The minimum atomic E-state index is -1.00. The third-order valence-corrected chi connectivity index (χ3v) is 7.57. The summed E-state index contributed by atoms with van der Waals surface area (Å²) in [6.07, 6.45) is 0.192. The van der Waals surface area contributed by atoms with Gasteiger partial charge in [0.2, 0.25) is 5.95 Å². The molecule has 2 aromatic heterocycles. The van der Waals surface area contributed by atoms with E-state index in [1.807, 2.05) is 31.2 Å². The maximum Gasteiger partial charge on any atom is 0.224 e. The summed E-state index contributed by atoms with van der Waals surface area (Å²) in [6, 6.07) is 7.53.